The summed E-state index contributed by atoms with van der Waals surface area (Å²) in [5.41, 5.74) is 0. The van der Waals surface area contributed by atoms with Gasteiger partial charge in [-0.3, -0.25) is 0 Å². The Bertz CT molecular complexity index is 53.7. The molecule has 0 saturated heterocycles. The molecule has 0 aliphatic carbocycles. The molecule has 0 aliphatic heterocycles. The molecule has 0 amide bonds. The number of hydrogen-bond donors (Lipinski definition) is 3. The quantitative estimate of drug-likeness (QED) is 0.427. The Kier molecular flexibility index (Phi) is 5.10. The molecule has 0 bridgehead atoms. The molecule has 0 aromatic carbocycles. The van der Waals surface area contributed by atoms with Gasteiger partial charge in [-0.15, -0.1) is 0 Å². The minimum Gasteiger partial charge on any atom is 0 e. The maximum absolute atomic E-state index is 8.94. The molecule has 0 saturated carbocycles. The molecule has 4 nitrogen and oxygen atoms in total. The molecule has 0 heterocycles. The van der Waals surface area contributed by atoms with Crippen LogP contribution in [-0.4, -0.2) is 26.8 Å². The van der Waals surface area contributed by atoms with Crippen LogP contribution in [0.4, 0.5) is 0 Å². The zero-order valence-electron chi connectivity index (χ0n) is 2.50. The Hall–Kier alpha value is 0.979. The summed E-state index contributed by atoms with van der Waals surface area (Å²) < 4.78 is 30.7. The van der Waals surface area contributed by atoms with Gasteiger partial charge in [0, 0.05) is 22.4 Å². The van der Waals surface area contributed by atoms with Gasteiger partial charge in [0.25, 0.3) is 0 Å². The van der Waals surface area contributed by atoms with Crippen LogP contribution in [0.5, 0.6) is 0 Å². The van der Waals surface area contributed by atoms with Gasteiger partial charge in [-0.2, -0.15) is 0 Å². The SMILES string of the molecule is O=[As](O)(O)O.[Ag]. The molecule has 6 heteroatoms. The second kappa shape index (κ2) is 3.04. The Balaban J connectivity index is 0. The van der Waals surface area contributed by atoms with Crippen molar-refractivity contribution in [2.75, 3.05) is 0 Å². The molecule has 0 spiro atoms. The molecule has 0 rings (SSSR count). The van der Waals surface area contributed by atoms with E-state index in [1.807, 2.05) is 0 Å². The number of rotatable bonds is 0. The molecule has 0 unspecified atom stereocenters. The van der Waals surface area contributed by atoms with Crippen molar-refractivity contribution in [3.8, 4) is 0 Å². The summed E-state index contributed by atoms with van der Waals surface area (Å²) in [7, 11) is 0. The van der Waals surface area contributed by atoms with Crippen LogP contribution < -0.4 is 0 Å². The molecule has 0 fully saturated rings. The van der Waals surface area contributed by atoms with Gasteiger partial charge in [-0.05, 0) is 0 Å². The Labute approximate surface area is 53.0 Å². The van der Waals surface area contributed by atoms with E-state index >= 15 is 0 Å². The van der Waals surface area contributed by atoms with Gasteiger partial charge in [-0.1, -0.05) is 0 Å². The van der Waals surface area contributed by atoms with Gasteiger partial charge in [0.2, 0.25) is 0 Å². The van der Waals surface area contributed by atoms with Crippen molar-refractivity contribution in [1.82, 2.24) is 0 Å². The first kappa shape index (κ1) is 10.1. The van der Waals surface area contributed by atoms with Crippen molar-refractivity contribution in [2.24, 2.45) is 0 Å². The van der Waals surface area contributed by atoms with Gasteiger partial charge in [-0.25, -0.2) is 0 Å². The zero-order valence-corrected chi connectivity index (χ0v) is 5.86. The largest absolute Gasteiger partial charge is 0 e. The molecular formula is H3AgAsO4. The predicted molar refractivity (Wildman–Crippen MR) is 13.1 cm³/mol. The van der Waals surface area contributed by atoms with E-state index in [0.29, 0.717) is 0 Å². The first-order valence-corrected chi connectivity index (χ1v) is 4.07. The van der Waals surface area contributed by atoms with E-state index in [-0.39, 0.29) is 22.4 Å². The molecule has 0 atom stereocenters. The summed E-state index contributed by atoms with van der Waals surface area (Å²) in [5.74, 6) is 0. The molecule has 6 heavy (non-hydrogen) atoms. The van der Waals surface area contributed by atoms with Crippen LogP contribution in [0.25, 0.3) is 0 Å². The molecular weight excluding hydrogens is 247 g/mol. The summed E-state index contributed by atoms with van der Waals surface area (Å²) in [6.45, 7) is 0. The van der Waals surface area contributed by atoms with Gasteiger partial charge in [0.1, 0.15) is 0 Å². The minimum absolute atomic E-state index is 0. The maximum Gasteiger partial charge on any atom is 0 e. The molecule has 3 N–H and O–H groups in total. The predicted octanol–water partition coefficient (Wildman–Crippen LogP) is -2.17. The molecule has 0 aliphatic rings. The van der Waals surface area contributed by atoms with E-state index < -0.39 is 14.5 Å². The van der Waals surface area contributed by atoms with Crippen molar-refractivity contribution in [2.45, 2.75) is 0 Å². The van der Waals surface area contributed by atoms with Crippen LogP contribution in [0.1, 0.15) is 0 Å². The van der Waals surface area contributed by atoms with Gasteiger partial charge >= 0.3 is 30.5 Å². The van der Waals surface area contributed by atoms with Crippen molar-refractivity contribution in [1.29, 1.82) is 0 Å². The second-order valence-corrected chi connectivity index (χ2v) is 2.67. The fourth-order valence-electron chi connectivity index (χ4n) is 0. The smallest absolute Gasteiger partial charge is 0 e. The van der Waals surface area contributed by atoms with Crippen molar-refractivity contribution in [3.05, 3.63) is 0 Å². The first-order chi connectivity index (χ1) is 2.00. The second-order valence-electron chi connectivity index (χ2n) is 0.513. The van der Waals surface area contributed by atoms with E-state index in [1.165, 1.54) is 0 Å². The Morgan fingerprint density at radius 2 is 1.17 bits per heavy atom. The van der Waals surface area contributed by atoms with Crippen LogP contribution in [0.3, 0.4) is 0 Å². The van der Waals surface area contributed by atoms with Gasteiger partial charge in [0.15, 0.2) is 0 Å². The summed E-state index contributed by atoms with van der Waals surface area (Å²) >= 11 is -5.12. The third kappa shape index (κ3) is 82.3. The van der Waals surface area contributed by atoms with Crippen LogP contribution in [0.15, 0.2) is 0 Å². The van der Waals surface area contributed by atoms with Crippen LogP contribution in [0, 0.1) is 0 Å². The Morgan fingerprint density at radius 3 is 1.17 bits per heavy atom. The van der Waals surface area contributed by atoms with Crippen LogP contribution in [0.2, 0.25) is 0 Å². The average Bonchev–Trinajstić information content (AvgIpc) is 0.722. The minimum atomic E-state index is -5.12. The van der Waals surface area contributed by atoms with Gasteiger partial charge < -0.3 is 0 Å². The van der Waals surface area contributed by atoms with Crippen molar-refractivity contribution in [3.63, 3.8) is 0 Å². The molecule has 43 valence electrons. The zero-order chi connectivity index (χ0) is 4.50. The van der Waals surface area contributed by atoms with E-state index in [2.05, 4.69) is 0 Å². The van der Waals surface area contributed by atoms with E-state index in [4.69, 9.17) is 16.0 Å². The van der Waals surface area contributed by atoms with E-state index in [1.54, 1.807) is 0 Å². The maximum atomic E-state index is 8.94. The normalized spacial score (nSPS) is 9.83. The molecule has 0 aromatic heterocycles. The summed E-state index contributed by atoms with van der Waals surface area (Å²) in [5, 5.41) is 0. The van der Waals surface area contributed by atoms with Crippen LogP contribution in [-0.2, 0) is 26.1 Å². The monoisotopic (exact) mass is 249 g/mol. The van der Waals surface area contributed by atoms with Crippen molar-refractivity contribution >= 4 is 14.5 Å². The Morgan fingerprint density at radius 1 is 1.17 bits per heavy atom. The molecule has 1 radical (unpaired) electrons. The van der Waals surface area contributed by atoms with Gasteiger partial charge in [0.05, 0.1) is 0 Å². The summed E-state index contributed by atoms with van der Waals surface area (Å²) in [4.78, 5) is 0. The number of hydrogen-bond acceptors (Lipinski definition) is 1. The van der Waals surface area contributed by atoms with Crippen molar-refractivity contribution < 1.29 is 38.4 Å². The third-order valence-corrected chi connectivity index (χ3v) is 0. The standard InChI is InChI=1S/Ag.AsH3O4/c;2-1(3,4)5/h;(H3,2,3,4,5). The fraction of sp³-hybridized carbons (Fsp3) is 0. The fourth-order valence-corrected chi connectivity index (χ4v) is 0. The topological polar surface area (TPSA) is 77.8 Å². The van der Waals surface area contributed by atoms with E-state index in [0.717, 1.165) is 0 Å². The first-order valence-electron chi connectivity index (χ1n) is 0.783. The molecule has 0 aromatic rings. The average molecular weight is 250 g/mol. The van der Waals surface area contributed by atoms with Crippen LogP contribution >= 0.6 is 0 Å². The van der Waals surface area contributed by atoms with E-state index in [9.17, 15) is 0 Å². The summed E-state index contributed by atoms with van der Waals surface area (Å²) in [6.07, 6.45) is 0. The third-order valence-electron chi connectivity index (χ3n) is 0. The summed E-state index contributed by atoms with van der Waals surface area (Å²) in [6, 6.07) is 0.